The molecule has 172 valence electrons. The summed E-state index contributed by atoms with van der Waals surface area (Å²) in [6.45, 7) is 2.20. The van der Waals surface area contributed by atoms with Crippen molar-refractivity contribution < 1.29 is 19.1 Å². The molecule has 33 heavy (non-hydrogen) atoms. The summed E-state index contributed by atoms with van der Waals surface area (Å²) < 4.78 is 5.60. The zero-order valence-corrected chi connectivity index (χ0v) is 19.9. The molecule has 3 rings (SSSR count). The van der Waals surface area contributed by atoms with Crippen LogP contribution in [0.1, 0.15) is 27.0 Å². The van der Waals surface area contributed by atoms with Crippen LogP contribution in [0.15, 0.2) is 60.0 Å². The number of halogens is 2. The second-order valence-corrected chi connectivity index (χ2v) is 8.68. The Labute approximate surface area is 205 Å². The van der Waals surface area contributed by atoms with Gasteiger partial charge in [-0.2, -0.15) is 0 Å². The molecule has 1 unspecified atom stereocenters. The van der Waals surface area contributed by atoms with Crippen LogP contribution >= 0.6 is 34.5 Å². The van der Waals surface area contributed by atoms with Gasteiger partial charge in [-0.3, -0.25) is 14.4 Å². The molecule has 0 saturated heterocycles. The van der Waals surface area contributed by atoms with Crippen molar-refractivity contribution in [3.05, 3.63) is 80.5 Å². The lowest BCUT2D eigenvalue weighted by Gasteiger charge is -2.16. The Morgan fingerprint density at radius 3 is 2.30 bits per heavy atom. The monoisotopic (exact) mass is 505 g/mol. The van der Waals surface area contributed by atoms with Gasteiger partial charge in [0.1, 0.15) is 5.75 Å². The highest BCUT2D eigenvalue weighted by Crippen LogP contribution is 2.28. The molecule has 1 aromatic heterocycles. The zero-order valence-electron chi connectivity index (χ0n) is 17.6. The number of carbonyl (C=O) groups is 3. The molecule has 3 aromatic rings. The highest BCUT2D eigenvalue weighted by Gasteiger charge is 2.17. The van der Waals surface area contributed by atoms with E-state index in [9.17, 15) is 14.4 Å². The van der Waals surface area contributed by atoms with Crippen LogP contribution in [0.5, 0.6) is 5.75 Å². The smallest absolute Gasteiger partial charge is 0.265 e. The lowest BCUT2D eigenvalue weighted by atomic mass is 10.2. The third kappa shape index (κ3) is 7.21. The van der Waals surface area contributed by atoms with E-state index in [1.165, 1.54) is 17.4 Å². The van der Waals surface area contributed by atoms with Crippen molar-refractivity contribution in [3.8, 4) is 5.75 Å². The van der Waals surface area contributed by atoms with Crippen LogP contribution in [-0.4, -0.2) is 36.9 Å². The van der Waals surface area contributed by atoms with Crippen LogP contribution in [0.2, 0.25) is 10.0 Å². The minimum absolute atomic E-state index is 0.170. The van der Waals surface area contributed by atoms with Gasteiger partial charge in [0, 0.05) is 29.4 Å². The third-order valence-corrected chi connectivity index (χ3v) is 5.82. The molecular formula is C23H21Cl2N3O4S. The lowest BCUT2D eigenvalue weighted by Crippen LogP contribution is -2.34. The second kappa shape index (κ2) is 11.7. The number of ether oxygens (including phenoxy) is 1. The van der Waals surface area contributed by atoms with Crippen molar-refractivity contribution in [2.45, 2.75) is 13.0 Å². The van der Waals surface area contributed by atoms with Gasteiger partial charge in [-0.05, 0) is 60.8 Å². The van der Waals surface area contributed by atoms with E-state index in [2.05, 4.69) is 16.0 Å². The highest BCUT2D eigenvalue weighted by molar-refractivity contribution is 7.12. The van der Waals surface area contributed by atoms with E-state index < -0.39 is 6.10 Å². The number of nitrogens with one attached hydrogen (secondary N) is 3. The van der Waals surface area contributed by atoms with Crippen molar-refractivity contribution >= 4 is 57.9 Å². The number of amides is 3. The van der Waals surface area contributed by atoms with Gasteiger partial charge in [0.2, 0.25) is 0 Å². The molecule has 10 heteroatoms. The summed E-state index contributed by atoms with van der Waals surface area (Å²) in [6.07, 6.45) is -0.809. The van der Waals surface area contributed by atoms with Crippen molar-refractivity contribution in [2.75, 3.05) is 18.4 Å². The van der Waals surface area contributed by atoms with Crippen LogP contribution in [0.3, 0.4) is 0 Å². The molecule has 0 bridgehead atoms. The minimum atomic E-state index is -0.809. The Morgan fingerprint density at radius 2 is 1.67 bits per heavy atom. The van der Waals surface area contributed by atoms with Crippen molar-refractivity contribution in [3.63, 3.8) is 0 Å². The molecule has 3 N–H and O–H groups in total. The van der Waals surface area contributed by atoms with Crippen LogP contribution in [0, 0.1) is 0 Å². The van der Waals surface area contributed by atoms with Crippen molar-refractivity contribution in [1.82, 2.24) is 10.6 Å². The quantitative estimate of drug-likeness (QED) is 0.369. The maximum atomic E-state index is 12.4. The van der Waals surface area contributed by atoms with Gasteiger partial charge in [0.25, 0.3) is 17.7 Å². The van der Waals surface area contributed by atoms with Gasteiger partial charge in [-0.1, -0.05) is 29.3 Å². The maximum Gasteiger partial charge on any atom is 0.265 e. The predicted octanol–water partition coefficient (Wildman–Crippen LogP) is 4.62. The summed E-state index contributed by atoms with van der Waals surface area (Å²) in [6, 6.07) is 14.7. The standard InChI is InChI=1S/C23H21Cl2N3O4S/c1-14(32-19-9-6-16(24)13-18(19)25)21(29)28-17-7-4-15(5-8-17)22(30)26-10-11-27-23(31)20-3-2-12-33-20/h2-9,12-14H,10-11H2,1H3,(H,26,30)(H,27,31)(H,28,29). The summed E-state index contributed by atoms with van der Waals surface area (Å²) in [5, 5.41) is 10.8. The zero-order chi connectivity index (χ0) is 23.8. The predicted molar refractivity (Wildman–Crippen MR) is 131 cm³/mol. The number of hydrogen-bond acceptors (Lipinski definition) is 5. The van der Waals surface area contributed by atoms with Crippen LogP contribution in [-0.2, 0) is 4.79 Å². The average molecular weight is 506 g/mol. The Hall–Kier alpha value is -3.07. The molecule has 0 aliphatic heterocycles. The van der Waals surface area contributed by atoms with E-state index in [0.717, 1.165) is 0 Å². The Balaban J connectivity index is 1.44. The van der Waals surface area contributed by atoms with E-state index in [1.54, 1.807) is 55.5 Å². The molecule has 1 heterocycles. The fourth-order valence-corrected chi connectivity index (χ4v) is 3.81. The summed E-state index contributed by atoms with van der Waals surface area (Å²) in [5.74, 6) is -0.481. The maximum absolute atomic E-state index is 12.4. The van der Waals surface area contributed by atoms with E-state index in [0.29, 0.717) is 38.5 Å². The van der Waals surface area contributed by atoms with Gasteiger partial charge in [-0.25, -0.2) is 0 Å². The summed E-state index contributed by atoms with van der Waals surface area (Å²) in [4.78, 5) is 37.2. The first-order valence-electron chi connectivity index (χ1n) is 9.96. The molecular weight excluding hydrogens is 485 g/mol. The highest BCUT2D eigenvalue weighted by atomic mass is 35.5. The van der Waals surface area contributed by atoms with Gasteiger partial charge >= 0.3 is 0 Å². The van der Waals surface area contributed by atoms with Crippen molar-refractivity contribution in [1.29, 1.82) is 0 Å². The number of carbonyl (C=O) groups excluding carboxylic acids is 3. The fraction of sp³-hybridized carbons (Fsp3) is 0.174. The van der Waals surface area contributed by atoms with Gasteiger partial charge in [-0.15, -0.1) is 11.3 Å². The largest absolute Gasteiger partial charge is 0.479 e. The lowest BCUT2D eigenvalue weighted by molar-refractivity contribution is -0.122. The van der Waals surface area contributed by atoms with Crippen molar-refractivity contribution in [2.24, 2.45) is 0 Å². The van der Waals surface area contributed by atoms with Crippen LogP contribution in [0.4, 0.5) is 5.69 Å². The normalized spacial score (nSPS) is 11.4. The van der Waals surface area contributed by atoms with Gasteiger partial charge in [0.15, 0.2) is 6.10 Å². The molecule has 2 aromatic carbocycles. The number of rotatable bonds is 9. The second-order valence-electron chi connectivity index (χ2n) is 6.89. The molecule has 0 radical (unpaired) electrons. The summed E-state index contributed by atoms with van der Waals surface area (Å²) in [7, 11) is 0. The van der Waals surface area contributed by atoms with Crippen LogP contribution < -0.4 is 20.7 Å². The van der Waals surface area contributed by atoms with E-state index in [4.69, 9.17) is 27.9 Å². The van der Waals surface area contributed by atoms with Gasteiger partial charge in [0.05, 0.1) is 9.90 Å². The topological polar surface area (TPSA) is 96.5 Å². The molecule has 3 amide bonds. The van der Waals surface area contributed by atoms with Gasteiger partial charge < -0.3 is 20.7 Å². The number of benzene rings is 2. The molecule has 0 spiro atoms. The first kappa shape index (κ1) is 24.6. The Morgan fingerprint density at radius 1 is 0.970 bits per heavy atom. The average Bonchev–Trinajstić information content (AvgIpc) is 3.34. The minimum Gasteiger partial charge on any atom is -0.479 e. The van der Waals surface area contributed by atoms with E-state index >= 15 is 0 Å². The Kier molecular flexibility index (Phi) is 8.71. The molecule has 1 atom stereocenters. The molecule has 0 aliphatic carbocycles. The SMILES string of the molecule is CC(Oc1ccc(Cl)cc1Cl)C(=O)Nc1ccc(C(=O)NCCNC(=O)c2cccs2)cc1. The summed E-state index contributed by atoms with van der Waals surface area (Å²) in [5.41, 5.74) is 0.937. The molecule has 0 aliphatic rings. The van der Waals surface area contributed by atoms with E-state index in [1.807, 2.05) is 5.38 Å². The Bertz CT molecular complexity index is 1120. The number of hydrogen-bond donors (Lipinski definition) is 3. The molecule has 7 nitrogen and oxygen atoms in total. The molecule has 0 fully saturated rings. The molecule has 0 saturated carbocycles. The van der Waals surface area contributed by atoms with E-state index in [-0.39, 0.29) is 24.3 Å². The summed E-state index contributed by atoms with van der Waals surface area (Å²) >= 11 is 13.3. The first-order chi connectivity index (χ1) is 15.8. The fourth-order valence-electron chi connectivity index (χ4n) is 2.71. The van der Waals surface area contributed by atoms with Crippen LogP contribution in [0.25, 0.3) is 0 Å². The number of thiophene rings is 1. The third-order valence-electron chi connectivity index (χ3n) is 4.42. The number of anilines is 1. The first-order valence-corrected chi connectivity index (χ1v) is 11.6.